The molecule has 0 aromatic heterocycles. The van der Waals surface area contributed by atoms with Crippen LogP contribution in [0.2, 0.25) is 0 Å². The van der Waals surface area contributed by atoms with Crippen molar-refractivity contribution in [3.8, 4) is 0 Å². The van der Waals surface area contributed by atoms with E-state index in [4.69, 9.17) is 4.74 Å². The monoisotopic (exact) mass is 340 g/mol. The van der Waals surface area contributed by atoms with E-state index in [9.17, 15) is 19.7 Å². The Kier molecular flexibility index (Phi) is 4.74. The van der Waals surface area contributed by atoms with E-state index in [1.165, 1.54) is 29.3 Å². The van der Waals surface area contributed by atoms with Crippen LogP contribution in [-0.2, 0) is 22.4 Å². The Morgan fingerprint density at radius 3 is 2.72 bits per heavy atom. The van der Waals surface area contributed by atoms with Crippen LogP contribution in [0.15, 0.2) is 42.5 Å². The minimum absolute atomic E-state index is 0.0273. The van der Waals surface area contributed by atoms with Crippen LogP contribution >= 0.6 is 0 Å². The zero-order chi connectivity index (χ0) is 17.8. The highest BCUT2D eigenvalue weighted by atomic mass is 16.6. The maximum atomic E-state index is 11.9. The van der Waals surface area contributed by atoms with Crippen molar-refractivity contribution in [2.45, 2.75) is 19.3 Å². The van der Waals surface area contributed by atoms with E-state index in [2.05, 4.69) is 5.32 Å². The SMILES string of the molecule is O=C(COC(=O)c1cccc([N+](=O)[O-])c1)Nc1ccc2c(c1)CCC2. The molecule has 0 spiro atoms. The molecule has 0 saturated heterocycles. The molecule has 0 radical (unpaired) electrons. The summed E-state index contributed by atoms with van der Waals surface area (Å²) in [6.07, 6.45) is 3.18. The van der Waals surface area contributed by atoms with E-state index in [-0.39, 0.29) is 11.3 Å². The third kappa shape index (κ3) is 4.00. The predicted molar refractivity (Wildman–Crippen MR) is 90.5 cm³/mol. The summed E-state index contributed by atoms with van der Waals surface area (Å²) in [5, 5.41) is 13.4. The molecule has 0 fully saturated rings. The molecule has 2 aromatic carbocycles. The number of ether oxygens (including phenoxy) is 1. The number of amides is 1. The standard InChI is InChI=1S/C18H16N2O5/c21-17(19-15-8-7-12-3-1-4-13(12)9-15)11-25-18(22)14-5-2-6-16(10-14)20(23)24/h2,5-10H,1,3-4,11H2,(H,19,21). The number of aryl methyl sites for hydroxylation is 2. The molecule has 128 valence electrons. The molecule has 0 aliphatic heterocycles. The van der Waals surface area contributed by atoms with E-state index >= 15 is 0 Å². The number of carbonyl (C=O) groups is 2. The number of carbonyl (C=O) groups excluding carboxylic acids is 2. The largest absolute Gasteiger partial charge is 0.452 e. The van der Waals surface area contributed by atoms with Crippen LogP contribution in [0.1, 0.15) is 27.9 Å². The Balaban J connectivity index is 1.56. The molecule has 0 unspecified atom stereocenters. The molecule has 0 saturated carbocycles. The fraction of sp³-hybridized carbons (Fsp3) is 0.222. The molecule has 0 bridgehead atoms. The zero-order valence-corrected chi connectivity index (χ0v) is 13.4. The first-order valence-corrected chi connectivity index (χ1v) is 7.86. The van der Waals surface area contributed by atoms with Gasteiger partial charge in [0.2, 0.25) is 0 Å². The van der Waals surface area contributed by atoms with E-state index in [1.807, 2.05) is 18.2 Å². The second-order valence-corrected chi connectivity index (χ2v) is 5.77. The van der Waals surface area contributed by atoms with Crippen molar-refractivity contribution in [2.24, 2.45) is 0 Å². The van der Waals surface area contributed by atoms with Crippen molar-refractivity contribution in [1.29, 1.82) is 0 Å². The van der Waals surface area contributed by atoms with Gasteiger partial charge in [0.15, 0.2) is 6.61 Å². The van der Waals surface area contributed by atoms with E-state index < -0.39 is 23.4 Å². The van der Waals surface area contributed by atoms with Crippen molar-refractivity contribution in [3.63, 3.8) is 0 Å². The third-order valence-electron chi connectivity index (χ3n) is 4.01. The third-order valence-corrected chi connectivity index (χ3v) is 4.01. The number of nitro benzene ring substituents is 1. The van der Waals surface area contributed by atoms with E-state index in [0.29, 0.717) is 5.69 Å². The average molecular weight is 340 g/mol. The summed E-state index contributed by atoms with van der Waals surface area (Å²) in [7, 11) is 0. The Morgan fingerprint density at radius 1 is 1.12 bits per heavy atom. The normalized spacial score (nSPS) is 12.3. The number of benzene rings is 2. The van der Waals surface area contributed by atoms with Crippen molar-refractivity contribution >= 4 is 23.3 Å². The fourth-order valence-corrected chi connectivity index (χ4v) is 2.81. The number of esters is 1. The molecular formula is C18H16N2O5. The number of nitro groups is 1. The van der Waals surface area contributed by atoms with Crippen LogP contribution in [0.3, 0.4) is 0 Å². The molecule has 7 heteroatoms. The number of nitrogens with zero attached hydrogens (tertiary/aromatic N) is 1. The summed E-state index contributed by atoms with van der Waals surface area (Å²) in [4.78, 5) is 33.9. The Bertz CT molecular complexity index is 847. The van der Waals surface area contributed by atoms with Gasteiger partial charge in [0.05, 0.1) is 10.5 Å². The summed E-state index contributed by atoms with van der Waals surface area (Å²) in [5.74, 6) is -1.25. The van der Waals surface area contributed by atoms with Gasteiger partial charge >= 0.3 is 5.97 Å². The highest BCUT2D eigenvalue weighted by Gasteiger charge is 2.15. The van der Waals surface area contributed by atoms with Crippen LogP contribution < -0.4 is 5.32 Å². The van der Waals surface area contributed by atoms with Gasteiger partial charge in [-0.05, 0) is 48.6 Å². The van der Waals surface area contributed by atoms with Crippen LogP contribution in [0.5, 0.6) is 0 Å². The molecular weight excluding hydrogens is 324 g/mol. The lowest BCUT2D eigenvalue weighted by Crippen LogP contribution is -2.21. The van der Waals surface area contributed by atoms with Crippen molar-refractivity contribution < 1.29 is 19.2 Å². The first kappa shape index (κ1) is 16.6. The molecule has 2 aromatic rings. The Morgan fingerprint density at radius 2 is 1.92 bits per heavy atom. The summed E-state index contributed by atoms with van der Waals surface area (Å²) < 4.78 is 4.92. The van der Waals surface area contributed by atoms with Crippen LogP contribution in [0.4, 0.5) is 11.4 Å². The van der Waals surface area contributed by atoms with Gasteiger partial charge in [-0.3, -0.25) is 14.9 Å². The second-order valence-electron chi connectivity index (χ2n) is 5.77. The van der Waals surface area contributed by atoms with Gasteiger partial charge < -0.3 is 10.1 Å². The van der Waals surface area contributed by atoms with Gasteiger partial charge in [0, 0.05) is 17.8 Å². The van der Waals surface area contributed by atoms with E-state index in [1.54, 1.807) is 0 Å². The molecule has 3 rings (SSSR count). The van der Waals surface area contributed by atoms with Crippen LogP contribution in [0.25, 0.3) is 0 Å². The molecule has 25 heavy (non-hydrogen) atoms. The summed E-state index contributed by atoms with van der Waals surface area (Å²) in [5.41, 5.74) is 3.01. The summed E-state index contributed by atoms with van der Waals surface area (Å²) in [6, 6.07) is 10.9. The summed E-state index contributed by atoms with van der Waals surface area (Å²) >= 11 is 0. The van der Waals surface area contributed by atoms with Crippen molar-refractivity contribution in [2.75, 3.05) is 11.9 Å². The number of hydrogen-bond donors (Lipinski definition) is 1. The minimum atomic E-state index is -0.784. The maximum Gasteiger partial charge on any atom is 0.338 e. The predicted octanol–water partition coefficient (Wildman–Crippen LogP) is 2.88. The van der Waals surface area contributed by atoms with Crippen LogP contribution in [-0.4, -0.2) is 23.4 Å². The fourth-order valence-electron chi connectivity index (χ4n) is 2.81. The number of anilines is 1. The first-order valence-electron chi connectivity index (χ1n) is 7.86. The highest BCUT2D eigenvalue weighted by Crippen LogP contribution is 2.24. The van der Waals surface area contributed by atoms with Crippen molar-refractivity contribution in [1.82, 2.24) is 0 Å². The molecule has 1 aliphatic carbocycles. The number of non-ortho nitro benzene ring substituents is 1. The van der Waals surface area contributed by atoms with Gasteiger partial charge in [0.25, 0.3) is 11.6 Å². The lowest BCUT2D eigenvalue weighted by Gasteiger charge is -2.08. The molecule has 7 nitrogen and oxygen atoms in total. The van der Waals surface area contributed by atoms with Gasteiger partial charge in [-0.15, -0.1) is 0 Å². The maximum absolute atomic E-state index is 11.9. The lowest BCUT2D eigenvalue weighted by atomic mass is 10.1. The first-order chi connectivity index (χ1) is 12.0. The molecule has 0 heterocycles. The number of fused-ring (bicyclic) bond motifs is 1. The molecule has 1 aliphatic rings. The minimum Gasteiger partial charge on any atom is -0.452 e. The van der Waals surface area contributed by atoms with Gasteiger partial charge in [-0.25, -0.2) is 4.79 Å². The molecule has 1 N–H and O–H groups in total. The summed E-state index contributed by atoms with van der Waals surface area (Å²) in [6.45, 7) is -0.460. The van der Waals surface area contributed by atoms with Gasteiger partial charge in [-0.2, -0.15) is 0 Å². The quantitative estimate of drug-likeness (QED) is 0.512. The van der Waals surface area contributed by atoms with E-state index in [0.717, 1.165) is 25.3 Å². The highest BCUT2D eigenvalue weighted by molar-refractivity contribution is 5.95. The number of rotatable bonds is 5. The molecule has 0 atom stereocenters. The van der Waals surface area contributed by atoms with Crippen LogP contribution in [0, 0.1) is 10.1 Å². The van der Waals surface area contributed by atoms with Gasteiger partial charge in [0.1, 0.15) is 0 Å². The van der Waals surface area contributed by atoms with Crippen molar-refractivity contribution in [3.05, 3.63) is 69.3 Å². The smallest absolute Gasteiger partial charge is 0.338 e. The zero-order valence-electron chi connectivity index (χ0n) is 13.4. The molecule has 1 amide bonds. The Labute approximate surface area is 143 Å². The second kappa shape index (κ2) is 7.12. The number of nitrogens with one attached hydrogen (secondary N) is 1. The Hall–Kier alpha value is -3.22. The lowest BCUT2D eigenvalue weighted by molar-refractivity contribution is -0.384. The topological polar surface area (TPSA) is 98.5 Å². The van der Waals surface area contributed by atoms with Gasteiger partial charge in [-0.1, -0.05) is 12.1 Å². The average Bonchev–Trinajstić information content (AvgIpc) is 3.07. The number of hydrogen-bond acceptors (Lipinski definition) is 5.